The molecule has 4 heteroatoms. The van der Waals surface area contributed by atoms with Crippen molar-refractivity contribution in [1.29, 1.82) is 0 Å². The molecule has 1 aliphatic carbocycles. The smallest absolute Gasteiger partial charge is 0.251 e. The monoisotopic (exact) mass is 288 g/mol. The van der Waals surface area contributed by atoms with E-state index < -0.39 is 0 Å². The third kappa shape index (κ3) is 3.91. The van der Waals surface area contributed by atoms with Gasteiger partial charge in [-0.3, -0.25) is 9.59 Å². The first-order chi connectivity index (χ1) is 9.78. The highest BCUT2D eigenvalue weighted by atomic mass is 16.1. The molecule has 1 aromatic rings. The van der Waals surface area contributed by atoms with Gasteiger partial charge in [-0.2, -0.15) is 0 Å². The molecule has 0 aliphatic heterocycles. The van der Waals surface area contributed by atoms with Crippen molar-refractivity contribution < 1.29 is 4.79 Å². The van der Waals surface area contributed by atoms with Crippen LogP contribution in [-0.4, -0.2) is 22.4 Å². The van der Waals surface area contributed by atoms with E-state index in [4.69, 9.17) is 0 Å². The summed E-state index contributed by atoms with van der Waals surface area (Å²) in [5.41, 5.74) is 2.48. The molecule has 0 amide bonds. The molecular formula is C17H24N2O2. The van der Waals surface area contributed by atoms with E-state index in [-0.39, 0.29) is 16.9 Å². The van der Waals surface area contributed by atoms with E-state index in [1.807, 2.05) is 0 Å². The summed E-state index contributed by atoms with van der Waals surface area (Å²) in [5, 5.41) is 3.37. The predicted molar refractivity (Wildman–Crippen MR) is 84.9 cm³/mol. The van der Waals surface area contributed by atoms with Crippen LogP contribution in [0.15, 0.2) is 29.1 Å². The number of nitrogens with one attached hydrogen (secondary N) is 1. The quantitative estimate of drug-likeness (QED) is 0.865. The Morgan fingerprint density at radius 1 is 1.29 bits per heavy atom. The molecule has 0 saturated heterocycles. The lowest BCUT2D eigenvalue weighted by Gasteiger charge is -2.23. The number of ketones is 1. The molecule has 0 bridgehead atoms. The van der Waals surface area contributed by atoms with Gasteiger partial charge in [0, 0.05) is 42.4 Å². The van der Waals surface area contributed by atoms with Gasteiger partial charge < -0.3 is 9.88 Å². The van der Waals surface area contributed by atoms with E-state index in [1.165, 1.54) is 6.07 Å². The second-order valence-electron chi connectivity index (χ2n) is 6.75. The van der Waals surface area contributed by atoms with Crippen molar-refractivity contribution in [3.8, 4) is 0 Å². The maximum atomic E-state index is 12.1. The maximum absolute atomic E-state index is 12.1. The number of fused-ring (bicyclic) bond motifs is 1. The third-order valence-electron chi connectivity index (χ3n) is 3.66. The van der Waals surface area contributed by atoms with Crippen LogP contribution in [0.4, 0.5) is 0 Å². The number of hydrogen-bond acceptors (Lipinski definition) is 3. The summed E-state index contributed by atoms with van der Waals surface area (Å²) >= 11 is 0. The molecule has 0 atom stereocenters. The van der Waals surface area contributed by atoms with E-state index in [1.54, 1.807) is 10.6 Å². The summed E-state index contributed by atoms with van der Waals surface area (Å²) in [5.74, 6) is 0.142. The van der Waals surface area contributed by atoms with Crippen LogP contribution in [0.25, 0.3) is 0 Å². The summed E-state index contributed by atoms with van der Waals surface area (Å²) in [6.07, 6.45) is 2.19. The summed E-state index contributed by atoms with van der Waals surface area (Å²) in [7, 11) is 0. The minimum Gasteiger partial charge on any atom is -0.308 e. The number of pyridine rings is 1. The average Bonchev–Trinajstić information content (AvgIpc) is 2.39. The Labute approximate surface area is 125 Å². The van der Waals surface area contributed by atoms with Crippen molar-refractivity contribution in [1.82, 2.24) is 9.88 Å². The lowest BCUT2D eigenvalue weighted by Crippen LogP contribution is -2.38. The van der Waals surface area contributed by atoms with Crippen LogP contribution in [0.2, 0.25) is 0 Å². The molecule has 0 fully saturated rings. The van der Waals surface area contributed by atoms with E-state index in [9.17, 15) is 9.59 Å². The second-order valence-corrected chi connectivity index (χ2v) is 6.75. The number of Topliss-reactive ketones (excluding diaryl/α,β-unsaturated/α-hetero) is 1. The standard InChI is InChI=1S/C17H24N2O2/c1-12(10-18-17(2,3)4)11-19-14-6-5-7-15(20)13(14)8-9-16(19)21/h8-9,18H,1,5-7,10-11H2,2-4H3. The number of carbonyl (C=O) groups excluding carboxylic acids is 1. The SMILES string of the molecule is C=C(CNC(C)(C)C)Cn1c2c(ccc1=O)C(=O)CCC2. The molecule has 1 heterocycles. The minimum absolute atomic E-state index is 0.0139. The molecule has 0 aromatic carbocycles. The zero-order chi connectivity index (χ0) is 15.6. The Morgan fingerprint density at radius 3 is 2.67 bits per heavy atom. The first-order valence-corrected chi connectivity index (χ1v) is 7.45. The van der Waals surface area contributed by atoms with Gasteiger partial charge in [-0.1, -0.05) is 6.58 Å². The lowest BCUT2D eigenvalue weighted by molar-refractivity contribution is 0.0970. The van der Waals surface area contributed by atoms with Gasteiger partial charge in [0.1, 0.15) is 0 Å². The number of carbonyl (C=O) groups is 1. The predicted octanol–water partition coefficient (Wildman–Crippen LogP) is 2.31. The number of hydrogen-bond donors (Lipinski definition) is 1. The van der Waals surface area contributed by atoms with Crippen LogP contribution in [-0.2, 0) is 13.0 Å². The van der Waals surface area contributed by atoms with Crippen molar-refractivity contribution in [3.05, 3.63) is 45.9 Å². The first kappa shape index (κ1) is 15.7. The molecule has 1 aromatic heterocycles. The Balaban J connectivity index is 2.20. The van der Waals surface area contributed by atoms with Gasteiger partial charge in [0.15, 0.2) is 5.78 Å². The van der Waals surface area contributed by atoms with Crippen molar-refractivity contribution >= 4 is 5.78 Å². The Hall–Kier alpha value is -1.68. The minimum atomic E-state index is -0.0552. The van der Waals surface area contributed by atoms with Crippen molar-refractivity contribution in [2.45, 2.75) is 52.1 Å². The molecule has 0 saturated carbocycles. The fourth-order valence-corrected chi connectivity index (χ4v) is 2.54. The van der Waals surface area contributed by atoms with Gasteiger partial charge in [-0.05, 0) is 45.3 Å². The van der Waals surface area contributed by atoms with Gasteiger partial charge in [-0.25, -0.2) is 0 Å². The molecule has 1 N–H and O–H groups in total. The van der Waals surface area contributed by atoms with Gasteiger partial charge in [0.2, 0.25) is 0 Å². The summed E-state index contributed by atoms with van der Waals surface area (Å²) in [6.45, 7) is 11.5. The Morgan fingerprint density at radius 2 is 2.00 bits per heavy atom. The third-order valence-corrected chi connectivity index (χ3v) is 3.66. The molecular weight excluding hydrogens is 264 g/mol. The molecule has 4 nitrogen and oxygen atoms in total. The zero-order valence-corrected chi connectivity index (χ0v) is 13.2. The van der Waals surface area contributed by atoms with Crippen LogP contribution in [0.1, 0.15) is 49.7 Å². The van der Waals surface area contributed by atoms with Crippen LogP contribution in [0.5, 0.6) is 0 Å². The van der Waals surface area contributed by atoms with Crippen LogP contribution >= 0.6 is 0 Å². The van der Waals surface area contributed by atoms with Gasteiger partial charge >= 0.3 is 0 Å². The van der Waals surface area contributed by atoms with Crippen LogP contribution in [0.3, 0.4) is 0 Å². The lowest BCUT2D eigenvalue weighted by atomic mass is 9.94. The molecule has 21 heavy (non-hydrogen) atoms. The summed E-state index contributed by atoms with van der Waals surface area (Å²) < 4.78 is 1.71. The van der Waals surface area contributed by atoms with E-state index in [0.717, 1.165) is 24.1 Å². The fraction of sp³-hybridized carbons (Fsp3) is 0.529. The average molecular weight is 288 g/mol. The molecule has 0 spiro atoms. The van der Waals surface area contributed by atoms with Gasteiger partial charge in [0.25, 0.3) is 5.56 Å². The molecule has 114 valence electrons. The summed E-state index contributed by atoms with van der Waals surface area (Å²) in [6, 6.07) is 3.17. The maximum Gasteiger partial charge on any atom is 0.251 e. The van der Waals surface area contributed by atoms with E-state index in [2.05, 4.69) is 32.7 Å². The van der Waals surface area contributed by atoms with Crippen LogP contribution < -0.4 is 10.9 Å². The first-order valence-electron chi connectivity index (χ1n) is 7.45. The number of aromatic nitrogens is 1. The van der Waals surface area contributed by atoms with Crippen molar-refractivity contribution in [3.63, 3.8) is 0 Å². The Kier molecular flexibility index (Phi) is 4.47. The topological polar surface area (TPSA) is 51.1 Å². The number of rotatable bonds is 4. The summed E-state index contributed by atoms with van der Waals surface area (Å²) in [4.78, 5) is 24.1. The van der Waals surface area contributed by atoms with Crippen LogP contribution in [0, 0.1) is 0 Å². The highest BCUT2D eigenvalue weighted by molar-refractivity contribution is 5.97. The van der Waals surface area contributed by atoms with E-state index in [0.29, 0.717) is 25.1 Å². The highest BCUT2D eigenvalue weighted by Crippen LogP contribution is 2.20. The number of nitrogens with zero attached hydrogens (tertiary/aromatic N) is 1. The molecule has 0 unspecified atom stereocenters. The molecule has 2 rings (SSSR count). The molecule has 1 aliphatic rings. The van der Waals surface area contributed by atoms with Gasteiger partial charge in [0.05, 0.1) is 0 Å². The second kappa shape index (κ2) is 5.98. The zero-order valence-electron chi connectivity index (χ0n) is 13.2. The Bertz CT molecular complexity index is 621. The van der Waals surface area contributed by atoms with Gasteiger partial charge in [-0.15, -0.1) is 0 Å². The highest BCUT2D eigenvalue weighted by Gasteiger charge is 2.21. The van der Waals surface area contributed by atoms with Crippen molar-refractivity contribution in [2.75, 3.05) is 6.54 Å². The van der Waals surface area contributed by atoms with E-state index >= 15 is 0 Å². The largest absolute Gasteiger partial charge is 0.308 e. The molecule has 0 radical (unpaired) electrons. The fourth-order valence-electron chi connectivity index (χ4n) is 2.54. The van der Waals surface area contributed by atoms with Crippen molar-refractivity contribution in [2.24, 2.45) is 0 Å². The normalized spacial score (nSPS) is 14.9.